The van der Waals surface area contributed by atoms with Crippen LogP contribution in [0.15, 0.2) is 79.4 Å². The van der Waals surface area contributed by atoms with Crippen molar-refractivity contribution in [2.75, 3.05) is 33.0 Å². The molecule has 0 radical (unpaired) electrons. The van der Waals surface area contributed by atoms with E-state index in [0.29, 0.717) is 25.2 Å². The number of ether oxygens (including phenoxy) is 4. The molecule has 0 fully saturated rings. The lowest BCUT2D eigenvalue weighted by atomic mass is 9.90. The van der Waals surface area contributed by atoms with Crippen molar-refractivity contribution in [1.82, 2.24) is 5.32 Å². The molecule has 7 nitrogen and oxygen atoms in total. The number of fused-ring (bicyclic) bond motifs is 2. The normalized spacial score (nSPS) is 12.0. The maximum atomic E-state index is 12.7. The first kappa shape index (κ1) is 26.0. The second kappa shape index (κ2) is 13.3. The van der Waals surface area contributed by atoms with E-state index in [0.717, 1.165) is 40.1 Å². The van der Waals surface area contributed by atoms with Crippen LogP contribution in [0.1, 0.15) is 16.7 Å². The molecule has 0 unspecified atom stereocenters. The molecule has 1 amide bonds. The van der Waals surface area contributed by atoms with E-state index in [2.05, 4.69) is 36.2 Å². The number of carbonyl (C=O) groups is 2. The number of nitrogens with one attached hydrogen (secondary N) is 1. The van der Waals surface area contributed by atoms with Gasteiger partial charge < -0.3 is 24.3 Å². The van der Waals surface area contributed by atoms with E-state index in [1.54, 1.807) is 0 Å². The molecular weight excluding hydrogens is 470 g/mol. The van der Waals surface area contributed by atoms with Gasteiger partial charge in [0.05, 0.1) is 19.8 Å². The molecule has 1 N–H and O–H groups in total. The van der Waals surface area contributed by atoms with Gasteiger partial charge in [0.2, 0.25) is 0 Å². The Kier molecular flexibility index (Phi) is 9.32. The maximum absolute atomic E-state index is 12.7. The molecule has 192 valence electrons. The quantitative estimate of drug-likeness (QED) is 0.164. The van der Waals surface area contributed by atoms with Crippen LogP contribution in [0.25, 0.3) is 10.8 Å². The predicted octanol–water partition coefficient (Wildman–Crippen LogP) is 4.95. The van der Waals surface area contributed by atoms with Gasteiger partial charge >= 0.3 is 12.1 Å². The van der Waals surface area contributed by atoms with Crippen LogP contribution in [0.3, 0.4) is 0 Å². The standard InChI is InChI=1S/C30H31NO6/c1-2-27(32)35-21-20-34-19-17-31-30(33)37-29-25-14-8-6-12-23(25)28(24-13-7-9-15-26(24)29)36-18-16-22-10-4-3-5-11-22/h2-12,14H,1,13,15-21H2,(H,31,33). The lowest BCUT2D eigenvalue weighted by molar-refractivity contribution is -0.139. The van der Waals surface area contributed by atoms with Gasteiger partial charge in [-0.2, -0.15) is 0 Å². The number of amides is 1. The molecule has 3 aromatic rings. The molecule has 0 saturated carbocycles. The number of rotatable bonds is 12. The summed E-state index contributed by atoms with van der Waals surface area (Å²) >= 11 is 0. The fourth-order valence-electron chi connectivity index (χ4n) is 4.23. The Labute approximate surface area is 216 Å². The van der Waals surface area contributed by atoms with E-state index < -0.39 is 12.1 Å². The summed E-state index contributed by atoms with van der Waals surface area (Å²) in [4.78, 5) is 23.7. The van der Waals surface area contributed by atoms with Crippen LogP contribution < -0.4 is 14.8 Å². The van der Waals surface area contributed by atoms with Crippen molar-refractivity contribution in [2.45, 2.75) is 19.3 Å². The SMILES string of the molecule is C=CC(=O)OCCOCCNC(=O)Oc1c2c(c(OCCc3ccccc3)c3ccccc13)CC=CC2. The van der Waals surface area contributed by atoms with Gasteiger partial charge in [-0.1, -0.05) is 73.3 Å². The Hall–Kier alpha value is -4.10. The second-order valence-electron chi connectivity index (χ2n) is 8.42. The smallest absolute Gasteiger partial charge is 0.412 e. The predicted molar refractivity (Wildman–Crippen MR) is 142 cm³/mol. The molecule has 0 aliphatic heterocycles. The Morgan fingerprint density at radius 3 is 2.24 bits per heavy atom. The maximum Gasteiger partial charge on any atom is 0.412 e. The average Bonchev–Trinajstić information content (AvgIpc) is 2.94. The number of hydrogen-bond donors (Lipinski definition) is 1. The molecule has 0 saturated heterocycles. The summed E-state index contributed by atoms with van der Waals surface area (Å²) < 4.78 is 22.4. The van der Waals surface area contributed by atoms with Crippen LogP contribution in [-0.4, -0.2) is 45.0 Å². The average molecular weight is 502 g/mol. The number of benzene rings is 3. The summed E-state index contributed by atoms with van der Waals surface area (Å²) in [7, 11) is 0. The third kappa shape index (κ3) is 6.98. The molecule has 4 rings (SSSR count). The van der Waals surface area contributed by atoms with Crippen molar-refractivity contribution in [3.05, 3.63) is 96.1 Å². The molecule has 1 aliphatic carbocycles. The highest BCUT2D eigenvalue weighted by Gasteiger charge is 2.23. The number of esters is 1. The summed E-state index contributed by atoms with van der Waals surface area (Å²) in [5.41, 5.74) is 3.24. The second-order valence-corrected chi connectivity index (χ2v) is 8.42. The summed E-state index contributed by atoms with van der Waals surface area (Å²) in [6.45, 7) is 4.76. The van der Waals surface area contributed by atoms with Gasteiger partial charge in [0, 0.05) is 40.9 Å². The van der Waals surface area contributed by atoms with Crippen molar-refractivity contribution in [3.8, 4) is 11.5 Å². The van der Waals surface area contributed by atoms with Gasteiger partial charge in [0.1, 0.15) is 18.1 Å². The summed E-state index contributed by atoms with van der Waals surface area (Å²) in [5, 5.41) is 4.48. The lowest BCUT2D eigenvalue weighted by Gasteiger charge is -2.23. The van der Waals surface area contributed by atoms with E-state index in [1.807, 2.05) is 42.5 Å². The summed E-state index contributed by atoms with van der Waals surface area (Å²) in [6.07, 6.45) is 6.92. The zero-order chi connectivity index (χ0) is 25.9. The van der Waals surface area contributed by atoms with E-state index in [-0.39, 0.29) is 26.4 Å². The minimum atomic E-state index is -0.554. The van der Waals surface area contributed by atoms with Crippen molar-refractivity contribution in [2.24, 2.45) is 0 Å². The molecule has 3 aromatic carbocycles. The summed E-state index contributed by atoms with van der Waals surface area (Å²) in [5.74, 6) is 0.910. The van der Waals surface area contributed by atoms with Gasteiger partial charge in [-0.3, -0.25) is 0 Å². The fraction of sp³-hybridized carbons (Fsp3) is 0.267. The fourth-order valence-corrected chi connectivity index (χ4v) is 4.23. The van der Waals surface area contributed by atoms with Gasteiger partial charge in [0.15, 0.2) is 0 Å². The molecule has 0 spiro atoms. The molecule has 0 atom stereocenters. The topological polar surface area (TPSA) is 83.1 Å². The van der Waals surface area contributed by atoms with Gasteiger partial charge in [-0.15, -0.1) is 0 Å². The van der Waals surface area contributed by atoms with E-state index in [1.165, 1.54) is 5.56 Å². The highest BCUT2D eigenvalue weighted by molar-refractivity contribution is 5.97. The largest absolute Gasteiger partial charge is 0.492 e. The van der Waals surface area contributed by atoms with Crippen LogP contribution in [0.4, 0.5) is 4.79 Å². The highest BCUT2D eigenvalue weighted by atomic mass is 16.6. The van der Waals surface area contributed by atoms with Gasteiger partial charge in [0.25, 0.3) is 0 Å². The van der Waals surface area contributed by atoms with Gasteiger partial charge in [-0.25, -0.2) is 9.59 Å². The Morgan fingerprint density at radius 2 is 1.51 bits per heavy atom. The van der Waals surface area contributed by atoms with E-state index in [4.69, 9.17) is 18.9 Å². The minimum Gasteiger partial charge on any atom is -0.492 e. The first-order valence-corrected chi connectivity index (χ1v) is 12.4. The molecule has 1 aliphatic rings. The number of allylic oxidation sites excluding steroid dienone is 2. The first-order chi connectivity index (χ1) is 18.2. The molecule has 7 heteroatoms. The Balaban J connectivity index is 1.43. The van der Waals surface area contributed by atoms with E-state index in [9.17, 15) is 9.59 Å². The molecule has 37 heavy (non-hydrogen) atoms. The number of carbonyl (C=O) groups excluding carboxylic acids is 2. The summed E-state index contributed by atoms with van der Waals surface area (Å²) in [6, 6.07) is 18.1. The van der Waals surface area contributed by atoms with Crippen molar-refractivity contribution in [3.63, 3.8) is 0 Å². The molecule has 0 aromatic heterocycles. The van der Waals surface area contributed by atoms with Crippen LogP contribution in [-0.2, 0) is 33.5 Å². The zero-order valence-corrected chi connectivity index (χ0v) is 20.7. The van der Waals surface area contributed by atoms with Crippen LogP contribution in [0.5, 0.6) is 11.5 Å². The molecular formula is C30H31NO6. The lowest BCUT2D eigenvalue weighted by Crippen LogP contribution is -2.31. The minimum absolute atomic E-state index is 0.126. The number of hydrogen-bond acceptors (Lipinski definition) is 6. The van der Waals surface area contributed by atoms with Crippen LogP contribution >= 0.6 is 0 Å². The molecule has 0 heterocycles. The van der Waals surface area contributed by atoms with Gasteiger partial charge in [-0.05, 0) is 18.4 Å². The molecule has 0 bridgehead atoms. The van der Waals surface area contributed by atoms with Crippen molar-refractivity contribution < 1.29 is 28.5 Å². The van der Waals surface area contributed by atoms with Crippen LogP contribution in [0, 0.1) is 0 Å². The first-order valence-electron chi connectivity index (χ1n) is 12.4. The Morgan fingerprint density at radius 1 is 0.838 bits per heavy atom. The third-order valence-corrected chi connectivity index (χ3v) is 5.97. The van der Waals surface area contributed by atoms with Crippen molar-refractivity contribution in [1.29, 1.82) is 0 Å². The highest BCUT2D eigenvalue weighted by Crippen LogP contribution is 2.43. The Bertz CT molecular complexity index is 1270. The van der Waals surface area contributed by atoms with Crippen molar-refractivity contribution >= 4 is 22.8 Å². The zero-order valence-electron chi connectivity index (χ0n) is 20.7. The van der Waals surface area contributed by atoms with Crippen LogP contribution in [0.2, 0.25) is 0 Å². The monoisotopic (exact) mass is 501 g/mol. The van der Waals surface area contributed by atoms with E-state index >= 15 is 0 Å². The third-order valence-electron chi connectivity index (χ3n) is 5.97.